The molecule has 1 aliphatic rings. The number of ether oxygens (including phenoxy) is 2. The summed E-state index contributed by atoms with van der Waals surface area (Å²) >= 11 is 0. The van der Waals surface area contributed by atoms with Crippen LogP contribution in [0.4, 0.5) is 0 Å². The molecule has 0 fully saturated rings. The van der Waals surface area contributed by atoms with E-state index in [0.717, 1.165) is 28.1 Å². The molecule has 4 rings (SSSR count). The van der Waals surface area contributed by atoms with Gasteiger partial charge in [-0.05, 0) is 69.5 Å². The number of pyridine rings is 1. The van der Waals surface area contributed by atoms with Crippen molar-refractivity contribution in [3.63, 3.8) is 0 Å². The number of carbonyl (C=O) groups is 4. The van der Waals surface area contributed by atoms with E-state index in [0.29, 0.717) is 23.7 Å². The van der Waals surface area contributed by atoms with Crippen molar-refractivity contribution < 1.29 is 44.0 Å². The summed E-state index contributed by atoms with van der Waals surface area (Å²) in [5.41, 5.74) is 5.74. The van der Waals surface area contributed by atoms with Crippen molar-refractivity contribution in [3.8, 4) is 5.69 Å². The minimum Gasteiger partial charge on any atom is -0.481 e. The molecule has 3 N–H and O–H groups in total. The number of nitrogens with zero attached hydrogens (tertiary/aromatic N) is 4. The molecule has 43 heavy (non-hydrogen) atoms. The predicted molar refractivity (Wildman–Crippen MR) is 153 cm³/mol. The van der Waals surface area contributed by atoms with E-state index >= 15 is 0 Å². The van der Waals surface area contributed by atoms with Gasteiger partial charge in [0.1, 0.15) is 18.3 Å². The number of aliphatic imine (C=N–C) groups is 1. The van der Waals surface area contributed by atoms with Gasteiger partial charge in [-0.3, -0.25) is 28.9 Å². The molecule has 0 amide bonds. The van der Waals surface area contributed by atoms with Crippen molar-refractivity contribution in [2.24, 2.45) is 4.99 Å². The Hall–Kier alpha value is -4.91. The maximum atomic E-state index is 12.6. The van der Waals surface area contributed by atoms with E-state index in [1.165, 1.54) is 6.92 Å². The molecule has 0 saturated heterocycles. The van der Waals surface area contributed by atoms with Crippen molar-refractivity contribution in [1.82, 2.24) is 14.5 Å². The lowest BCUT2D eigenvalue weighted by molar-refractivity contribution is -0.166. The average Bonchev–Trinajstić information content (AvgIpc) is 3.27. The monoisotopic (exact) mass is 594 g/mol. The van der Waals surface area contributed by atoms with Crippen LogP contribution in [0, 0.1) is 13.8 Å². The van der Waals surface area contributed by atoms with Crippen LogP contribution in [0.15, 0.2) is 47.7 Å². The van der Waals surface area contributed by atoms with E-state index in [9.17, 15) is 24.3 Å². The van der Waals surface area contributed by atoms with E-state index in [4.69, 9.17) is 24.7 Å². The average molecular weight is 595 g/mol. The first-order valence-corrected chi connectivity index (χ1v) is 13.5. The Balaban J connectivity index is 0.000000646. The molecule has 13 heteroatoms. The molecule has 3 heterocycles. The number of aliphatic hydroxyl groups is 1. The fraction of sp³-hybridized carbons (Fsp3) is 0.367. The molecule has 0 radical (unpaired) electrons. The molecule has 0 spiro atoms. The summed E-state index contributed by atoms with van der Waals surface area (Å²) in [5, 5.41) is 25.3. The van der Waals surface area contributed by atoms with Crippen LogP contribution >= 0.6 is 0 Å². The number of hydrogen-bond donors (Lipinski definition) is 3. The molecule has 1 aliphatic heterocycles. The Morgan fingerprint density at radius 2 is 1.79 bits per heavy atom. The maximum Gasteiger partial charge on any atom is 0.347 e. The molecule has 228 valence electrons. The highest BCUT2D eigenvalue weighted by Crippen LogP contribution is 2.35. The maximum absolute atomic E-state index is 12.6. The number of aryl methyl sites for hydroxylation is 2. The Morgan fingerprint density at radius 3 is 2.37 bits per heavy atom. The number of imidazole rings is 1. The molecule has 13 nitrogen and oxygen atoms in total. The first-order valence-electron chi connectivity index (χ1n) is 13.5. The van der Waals surface area contributed by atoms with Gasteiger partial charge in [0.2, 0.25) is 0 Å². The lowest BCUT2D eigenvalue weighted by Gasteiger charge is -2.16. The SMILES string of the molecule is CCOC(=O)C(C)OC(=O)CC[C@@H]1N=C(c2ccccn2)c2cc(C)c(CO)cc2-n2c(C)cnc21.O=C(O)CC(=O)O. The first kappa shape index (κ1) is 32.6. The number of esters is 2. The number of fused-ring (bicyclic) bond motifs is 3. The normalized spacial score (nSPS) is 14.1. The third-order valence-corrected chi connectivity index (χ3v) is 6.43. The zero-order valence-corrected chi connectivity index (χ0v) is 24.3. The predicted octanol–water partition coefficient (Wildman–Crippen LogP) is 3.09. The van der Waals surface area contributed by atoms with Crippen LogP contribution in [0.25, 0.3) is 5.69 Å². The Morgan fingerprint density at radius 1 is 1.07 bits per heavy atom. The molecule has 0 aliphatic carbocycles. The number of aliphatic carboxylic acids is 2. The smallest absolute Gasteiger partial charge is 0.347 e. The van der Waals surface area contributed by atoms with Crippen molar-refractivity contribution in [2.45, 2.75) is 65.7 Å². The number of benzene rings is 1. The summed E-state index contributed by atoms with van der Waals surface area (Å²) in [5.74, 6) is -3.04. The van der Waals surface area contributed by atoms with Crippen LogP contribution in [0.5, 0.6) is 0 Å². The molecule has 0 saturated carbocycles. The van der Waals surface area contributed by atoms with Gasteiger partial charge in [-0.15, -0.1) is 0 Å². The highest BCUT2D eigenvalue weighted by Gasteiger charge is 2.29. The molecule has 1 unspecified atom stereocenters. The van der Waals surface area contributed by atoms with Gasteiger partial charge in [0.15, 0.2) is 6.10 Å². The minimum atomic E-state index is -1.31. The summed E-state index contributed by atoms with van der Waals surface area (Å²) in [4.78, 5) is 57.5. The van der Waals surface area contributed by atoms with Crippen LogP contribution in [-0.4, -0.2) is 72.2 Å². The minimum absolute atomic E-state index is 0.0383. The molecular weight excluding hydrogens is 560 g/mol. The highest BCUT2D eigenvalue weighted by atomic mass is 16.6. The van der Waals surface area contributed by atoms with Gasteiger partial charge in [0, 0.05) is 30.1 Å². The van der Waals surface area contributed by atoms with Gasteiger partial charge in [-0.1, -0.05) is 6.07 Å². The fourth-order valence-electron chi connectivity index (χ4n) is 4.42. The molecule has 2 atom stereocenters. The number of hydrogen-bond acceptors (Lipinski definition) is 10. The van der Waals surface area contributed by atoms with Crippen molar-refractivity contribution in [1.29, 1.82) is 0 Å². The molecule has 2 aromatic heterocycles. The van der Waals surface area contributed by atoms with Crippen LogP contribution in [0.1, 0.15) is 73.1 Å². The van der Waals surface area contributed by atoms with Gasteiger partial charge >= 0.3 is 23.9 Å². The summed E-state index contributed by atoms with van der Waals surface area (Å²) in [6.07, 6.45) is 2.06. The van der Waals surface area contributed by atoms with Crippen LogP contribution in [-0.2, 0) is 35.3 Å². The van der Waals surface area contributed by atoms with Gasteiger partial charge in [0.25, 0.3) is 0 Å². The number of carboxylic acid groups (broad SMARTS) is 2. The molecular formula is C30H34N4O9. The van der Waals surface area contributed by atoms with Crippen molar-refractivity contribution in [2.75, 3.05) is 6.61 Å². The zero-order valence-electron chi connectivity index (χ0n) is 24.3. The highest BCUT2D eigenvalue weighted by molar-refractivity contribution is 6.14. The van der Waals surface area contributed by atoms with Crippen LogP contribution in [0.2, 0.25) is 0 Å². The fourth-order valence-corrected chi connectivity index (χ4v) is 4.42. The van der Waals surface area contributed by atoms with Crippen LogP contribution < -0.4 is 0 Å². The number of aromatic nitrogens is 3. The Bertz CT molecular complexity index is 1500. The Labute approximate surface area is 247 Å². The lowest BCUT2D eigenvalue weighted by atomic mass is 9.98. The molecule has 1 aromatic carbocycles. The number of carboxylic acids is 2. The summed E-state index contributed by atoms with van der Waals surface area (Å²) < 4.78 is 12.2. The standard InChI is InChI=1S/C27H30N4O5.C3H4O4/c1-5-35-27(34)18(4)36-24(33)10-9-22-26-29-14-17(3)31(26)23-13-19(15-32)16(2)12-20(23)25(30-22)21-8-6-7-11-28-21;4-2(5)1-3(6)7/h6-8,11-14,18,22,32H,5,9-10,15H2,1-4H3;1H2,(H,4,5)(H,6,7)/t18?,22-;/m0./s1. The number of aliphatic hydroxyl groups excluding tert-OH is 1. The zero-order chi connectivity index (χ0) is 31.7. The largest absolute Gasteiger partial charge is 0.481 e. The summed E-state index contributed by atoms with van der Waals surface area (Å²) in [6.45, 7) is 7.22. The van der Waals surface area contributed by atoms with Crippen LogP contribution in [0.3, 0.4) is 0 Å². The topological polar surface area (TPSA) is 190 Å². The van der Waals surface area contributed by atoms with E-state index in [2.05, 4.69) is 9.97 Å². The van der Waals surface area contributed by atoms with Gasteiger partial charge in [-0.2, -0.15) is 0 Å². The number of rotatable bonds is 10. The van der Waals surface area contributed by atoms with E-state index in [1.807, 2.05) is 48.7 Å². The third-order valence-electron chi connectivity index (χ3n) is 6.43. The first-order chi connectivity index (χ1) is 20.5. The molecule has 0 bridgehead atoms. The second kappa shape index (κ2) is 14.8. The van der Waals surface area contributed by atoms with E-state index in [1.54, 1.807) is 19.3 Å². The van der Waals surface area contributed by atoms with E-state index < -0.39 is 42.4 Å². The third kappa shape index (κ3) is 8.32. The second-order valence-corrected chi connectivity index (χ2v) is 9.64. The number of carbonyl (C=O) groups excluding carboxylic acids is 2. The van der Waals surface area contributed by atoms with Crippen molar-refractivity contribution >= 4 is 29.6 Å². The van der Waals surface area contributed by atoms with Gasteiger partial charge < -0.3 is 24.8 Å². The second-order valence-electron chi connectivity index (χ2n) is 9.64. The van der Waals surface area contributed by atoms with Gasteiger partial charge in [-0.25, -0.2) is 9.78 Å². The van der Waals surface area contributed by atoms with Crippen molar-refractivity contribution in [3.05, 3.63) is 76.6 Å². The summed E-state index contributed by atoms with van der Waals surface area (Å²) in [7, 11) is 0. The lowest BCUT2D eigenvalue weighted by Crippen LogP contribution is -2.26. The molecule has 3 aromatic rings. The summed E-state index contributed by atoms with van der Waals surface area (Å²) in [6, 6.07) is 9.14. The van der Waals surface area contributed by atoms with Gasteiger partial charge in [0.05, 0.1) is 30.3 Å². The van der Waals surface area contributed by atoms with E-state index in [-0.39, 0.29) is 19.6 Å². The Kier molecular flexibility index (Phi) is 11.2. The quantitative estimate of drug-likeness (QED) is 0.231.